The summed E-state index contributed by atoms with van der Waals surface area (Å²) in [7, 11) is 3.21. The van der Waals surface area contributed by atoms with Gasteiger partial charge in [-0.25, -0.2) is 0 Å². The minimum absolute atomic E-state index is 0.0406. The predicted molar refractivity (Wildman–Crippen MR) is 108 cm³/mol. The molecule has 3 rings (SSSR count). The molecule has 0 aliphatic carbocycles. The number of rotatable bonds is 7. The van der Waals surface area contributed by atoms with E-state index in [1.807, 2.05) is 51.1 Å². The van der Waals surface area contributed by atoms with E-state index in [9.17, 15) is 4.79 Å². The first-order valence-corrected chi connectivity index (χ1v) is 9.46. The third kappa shape index (κ3) is 4.01. The molecule has 0 aromatic heterocycles. The maximum absolute atomic E-state index is 12.4. The van der Waals surface area contributed by atoms with Gasteiger partial charge in [0.2, 0.25) is 5.91 Å². The summed E-state index contributed by atoms with van der Waals surface area (Å²) in [4.78, 5) is 12.4. The van der Waals surface area contributed by atoms with Crippen LogP contribution in [0.15, 0.2) is 30.3 Å². The lowest BCUT2D eigenvalue weighted by atomic mass is 9.84. The smallest absolute Gasteiger partial charge is 0.225 e. The minimum atomic E-state index is -0.156. The minimum Gasteiger partial charge on any atom is -0.497 e. The summed E-state index contributed by atoms with van der Waals surface area (Å²) in [5, 5.41) is 2.93. The van der Waals surface area contributed by atoms with E-state index in [-0.39, 0.29) is 17.9 Å². The third-order valence-electron chi connectivity index (χ3n) is 4.62. The van der Waals surface area contributed by atoms with Gasteiger partial charge in [0.25, 0.3) is 0 Å². The van der Waals surface area contributed by atoms with Gasteiger partial charge in [-0.2, -0.15) is 0 Å². The second-order valence-corrected chi connectivity index (χ2v) is 6.90. The van der Waals surface area contributed by atoms with E-state index >= 15 is 0 Å². The average molecular weight is 385 g/mol. The number of anilines is 1. The number of amides is 1. The van der Waals surface area contributed by atoms with Gasteiger partial charge in [0, 0.05) is 30.0 Å². The Balaban J connectivity index is 2.09. The monoisotopic (exact) mass is 385 g/mol. The molecule has 0 saturated carbocycles. The van der Waals surface area contributed by atoms with Crippen LogP contribution in [0.25, 0.3) is 0 Å². The van der Waals surface area contributed by atoms with Crippen LogP contribution < -0.4 is 24.3 Å². The standard InChI is InChI=1S/C22H27NO5/c1-6-27-19-9-14(7-8-18(19)28-13(2)3)16-12-21(24)23-17-10-15(25-4)11-20(26-5)22(16)17/h7-11,13,16H,6,12H2,1-5H3,(H,23,24). The van der Waals surface area contributed by atoms with Crippen molar-refractivity contribution in [3.8, 4) is 23.0 Å². The summed E-state index contributed by atoms with van der Waals surface area (Å²) in [5.41, 5.74) is 2.61. The second-order valence-electron chi connectivity index (χ2n) is 6.90. The second kappa shape index (κ2) is 8.42. The normalized spacial score (nSPS) is 15.6. The van der Waals surface area contributed by atoms with Crippen LogP contribution in [-0.2, 0) is 4.79 Å². The highest BCUT2D eigenvalue weighted by Gasteiger charge is 2.31. The van der Waals surface area contributed by atoms with Gasteiger partial charge < -0.3 is 24.3 Å². The van der Waals surface area contributed by atoms with E-state index in [0.717, 1.165) is 11.1 Å². The van der Waals surface area contributed by atoms with Crippen LogP contribution in [0.5, 0.6) is 23.0 Å². The molecule has 1 unspecified atom stereocenters. The summed E-state index contributed by atoms with van der Waals surface area (Å²) in [6.45, 7) is 6.41. The average Bonchev–Trinajstić information content (AvgIpc) is 2.67. The van der Waals surface area contributed by atoms with Crippen molar-refractivity contribution in [3.05, 3.63) is 41.5 Å². The first kappa shape index (κ1) is 19.9. The van der Waals surface area contributed by atoms with E-state index in [4.69, 9.17) is 18.9 Å². The number of nitrogens with one attached hydrogen (secondary N) is 1. The van der Waals surface area contributed by atoms with Crippen LogP contribution >= 0.6 is 0 Å². The highest BCUT2D eigenvalue weighted by atomic mass is 16.5. The fourth-order valence-electron chi connectivity index (χ4n) is 3.49. The summed E-state index contributed by atoms with van der Waals surface area (Å²) in [6, 6.07) is 9.50. The highest BCUT2D eigenvalue weighted by molar-refractivity contribution is 5.96. The number of hydrogen-bond acceptors (Lipinski definition) is 5. The fourth-order valence-corrected chi connectivity index (χ4v) is 3.49. The molecule has 150 valence electrons. The number of ether oxygens (including phenoxy) is 4. The Kier molecular flexibility index (Phi) is 5.97. The lowest BCUT2D eigenvalue weighted by molar-refractivity contribution is -0.116. The highest BCUT2D eigenvalue weighted by Crippen LogP contribution is 2.46. The van der Waals surface area contributed by atoms with Gasteiger partial charge in [0.15, 0.2) is 11.5 Å². The molecule has 1 heterocycles. The molecule has 6 heteroatoms. The first-order chi connectivity index (χ1) is 13.5. The van der Waals surface area contributed by atoms with E-state index in [1.54, 1.807) is 14.2 Å². The Labute approximate surface area is 165 Å². The van der Waals surface area contributed by atoms with Crippen molar-refractivity contribution in [3.63, 3.8) is 0 Å². The van der Waals surface area contributed by atoms with Crippen molar-refractivity contribution >= 4 is 11.6 Å². The molecule has 1 N–H and O–H groups in total. The quantitative estimate of drug-likeness (QED) is 0.767. The zero-order chi connectivity index (χ0) is 20.3. The molecule has 1 aliphatic heterocycles. The molecule has 0 saturated heterocycles. The Hall–Kier alpha value is -2.89. The van der Waals surface area contributed by atoms with Crippen molar-refractivity contribution in [2.45, 2.75) is 39.2 Å². The zero-order valence-corrected chi connectivity index (χ0v) is 17.0. The van der Waals surface area contributed by atoms with Crippen molar-refractivity contribution in [1.29, 1.82) is 0 Å². The van der Waals surface area contributed by atoms with Gasteiger partial charge in [-0.15, -0.1) is 0 Å². The maximum Gasteiger partial charge on any atom is 0.225 e. The van der Waals surface area contributed by atoms with Crippen molar-refractivity contribution < 1.29 is 23.7 Å². The zero-order valence-electron chi connectivity index (χ0n) is 17.0. The largest absolute Gasteiger partial charge is 0.497 e. The molecule has 2 aromatic carbocycles. The lowest BCUT2D eigenvalue weighted by Gasteiger charge is -2.29. The third-order valence-corrected chi connectivity index (χ3v) is 4.62. The number of fused-ring (bicyclic) bond motifs is 1. The van der Waals surface area contributed by atoms with Gasteiger partial charge in [0.05, 0.1) is 32.6 Å². The Morgan fingerprint density at radius 2 is 1.86 bits per heavy atom. The molecule has 6 nitrogen and oxygen atoms in total. The van der Waals surface area contributed by atoms with E-state index in [0.29, 0.717) is 41.7 Å². The van der Waals surface area contributed by atoms with Gasteiger partial charge in [0.1, 0.15) is 11.5 Å². The van der Waals surface area contributed by atoms with Gasteiger partial charge in [-0.1, -0.05) is 6.07 Å². The van der Waals surface area contributed by atoms with Crippen LogP contribution in [0.2, 0.25) is 0 Å². The predicted octanol–water partition coefficient (Wildman–Crippen LogP) is 4.36. The molecule has 0 spiro atoms. The number of carbonyl (C=O) groups is 1. The maximum atomic E-state index is 12.4. The molecule has 1 aliphatic rings. The molecule has 28 heavy (non-hydrogen) atoms. The number of hydrogen-bond donors (Lipinski definition) is 1. The Bertz CT molecular complexity index is 862. The Morgan fingerprint density at radius 1 is 1.07 bits per heavy atom. The Morgan fingerprint density at radius 3 is 2.50 bits per heavy atom. The molecule has 0 radical (unpaired) electrons. The van der Waals surface area contributed by atoms with Crippen LogP contribution in [0, 0.1) is 0 Å². The van der Waals surface area contributed by atoms with E-state index in [1.165, 1.54) is 0 Å². The number of benzene rings is 2. The molecule has 0 bridgehead atoms. The van der Waals surface area contributed by atoms with Crippen LogP contribution in [-0.4, -0.2) is 32.8 Å². The SMILES string of the molecule is CCOc1cc(C2CC(=O)Nc3cc(OC)cc(OC)c32)ccc1OC(C)C. The fraction of sp³-hybridized carbons (Fsp3) is 0.409. The molecule has 1 atom stereocenters. The molecule has 0 fully saturated rings. The van der Waals surface area contributed by atoms with Crippen LogP contribution in [0.4, 0.5) is 5.69 Å². The van der Waals surface area contributed by atoms with Crippen LogP contribution in [0.3, 0.4) is 0 Å². The first-order valence-electron chi connectivity index (χ1n) is 9.46. The van der Waals surface area contributed by atoms with E-state index < -0.39 is 0 Å². The van der Waals surface area contributed by atoms with E-state index in [2.05, 4.69) is 5.32 Å². The lowest BCUT2D eigenvalue weighted by Crippen LogP contribution is -2.24. The summed E-state index contributed by atoms with van der Waals surface area (Å²) < 4.78 is 22.6. The summed E-state index contributed by atoms with van der Waals surface area (Å²) >= 11 is 0. The van der Waals surface area contributed by atoms with Crippen molar-refractivity contribution in [2.75, 3.05) is 26.1 Å². The topological polar surface area (TPSA) is 66.0 Å². The number of carbonyl (C=O) groups excluding carboxylic acids is 1. The molecule has 2 aromatic rings. The van der Waals surface area contributed by atoms with Gasteiger partial charge in [-0.05, 0) is 38.5 Å². The molecule has 1 amide bonds. The molecular formula is C22H27NO5. The van der Waals surface area contributed by atoms with Gasteiger partial charge in [-0.3, -0.25) is 4.79 Å². The number of methoxy groups -OCH3 is 2. The molecular weight excluding hydrogens is 358 g/mol. The summed E-state index contributed by atoms with van der Waals surface area (Å²) in [6.07, 6.45) is 0.366. The van der Waals surface area contributed by atoms with Crippen LogP contribution in [0.1, 0.15) is 44.2 Å². The summed E-state index contributed by atoms with van der Waals surface area (Å²) in [5.74, 6) is 2.48. The van der Waals surface area contributed by atoms with Gasteiger partial charge >= 0.3 is 0 Å². The van der Waals surface area contributed by atoms with Crippen molar-refractivity contribution in [2.24, 2.45) is 0 Å². The van der Waals surface area contributed by atoms with Crippen molar-refractivity contribution in [1.82, 2.24) is 0 Å².